The van der Waals surface area contributed by atoms with Gasteiger partial charge in [-0.3, -0.25) is 14.4 Å². The standard InChI is InChI=1S/C20H17F2N3O4S2/c1-31(27,28)25-9-8-12-10-13(6-7-16(12)25)18(26)24-20-23-15(11-30-20)14-4-2-3-5-17(14)29-19(21)22/h2-7,10-11,19H,8-9H2,1H3,(H,23,24,26). The monoisotopic (exact) mass is 465 g/mol. The van der Waals surface area contributed by atoms with Crippen LogP contribution in [0.2, 0.25) is 0 Å². The van der Waals surface area contributed by atoms with Gasteiger partial charge in [-0.15, -0.1) is 11.3 Å². The van der Waals surface area contributed by atoms with Gasteiger partial charge in [-0.2, -0.15) is 8.78 Å². The minimum Gasteiger partial charge on any atom is -0.434 e. The van der Waals surface area contributed by atoms with Crippen LogP contribution in [0, 0.1) is 0 Å². The molecule has 2 heterocycles. The van der Waals surface area contributed by atoms with Gasteiger partial charge < -0.3 is 4.74 Å². The van der Waals surface area contributed by atoms with Gasteiger partial charge in [0.15, 0.2) is 5.13 Å². The number of aromatic nitrogens is 1. The number of halogens is 2. The highest BCUT2D eigenvalue weighted by Crippen LogP contribution is 2.34. The summed E-state index contributed by atoms with van der Waals surface area (Å²) in [7, 11) is -3.37. The lowest BCUT2D eigenvalue weighted by molar-refractivity contribution is -0.0494. The molecule has 0 fully saturated rings. The lowest BCUT2D eigenvalue weighted by atomic mass is 10.1. The fraction of sp³-hybridized carbons (Fsp3) is 0.200. The van der Waals surface area contributed by atoms with E-state index in [0.29, 0.717) is 40.6 Å². The van der Waals surface area contributed by atoms with Gasteiger partial charge in [0, 0.05) is 23.1 Å². The maximum Gasteiger partial charge on any atom is 0.387 e. The summed E-state index contributed by atoms with van der Waals surface area (Å²) in [5.74, 6) is -0.409. The van der Waals surface area contributed by atoms with Gasteiger partial charge in [-0.25, -0.2) is 13.4 Å². The second kappa shape index (κ2) is 8.23. The molecule has 0 unspecified atom stereocenters. The van der Waals surface area contributed by atoms with E-state index in [4.69, 9.17) is 0 Å². The quantitative estimate of drug-likeness (QED) is 0.595. The molecular weight excluding hydrogens is 448 g/mol. The molecule has 3 aromatic rings. The van der Waals surface area contributed by atoms with Gasteiger partial charge in [-0.1, -0.05) is 12.1 Å². The third-order valence-corrected chi connectivity index (χ3v) is 6.64. The van der Waals surface area contributed by atoms with E-state index in [1.807, 2.05) is 0 Å². The number of para-hydroxylation sites is 1. The molecule has 2 aromatic carbocycles. The molecule has 1 amide bonds. The molecule has 1 aromatic heterocycles. The van der Waals surface area contributed by atoms with E-state index in [1.54, 1.807) is 41.8 Å². The van der Waals surface area contributed by atoms with Crippen LogP contribution in [0.5, 0.6) is 5.75 Å². The number of sulfonamides is 1. The Morgan fingerprint density at radius 3 is 2.77 bits per heavy atom. The summed E-state index contributed by atoms with van der Waals surface area (Å²) in [4.78, 5) is 17.0. The van der Waals surface area contributed by atoms with Crippen LogP contribution in [0.3, 0.4) is 0 Å². The number of alkyl halides is 2. The molecule has 1 N–H and O–H groups in total. The number of benzene rings is 2. The van der Waals surface area contributed by atoms with Crippen molar-refractivity contribution >= 4 is 38.1 Å². The summed E-state index contributed by atoms with van der Waals surface area (Å²) in [6.45, 7) is -2.62. The van der Waals surface area contributed by atoms with Crippen molar-refractivity contribution in [3.05, 3.63) is 59.0 Å². The van der Waals surface area contributed by atoms with Crippen LogP contribution >= 0.6 is 11.3 Å². The molecule has 0 spiro atoms. The van der Waals surface area contributed by atoms with Crippen LogP contribution in [0.1, 0.15) is 15.9 Å². The SMILES string of the molecule is CS(=O)(=O)N1CCc2cc(C(=O)Nc3nc(-c4ccccc4OC(F)F)cs3)ccc21. The molecule has 4 rings (SSSR count). The first-order valence-electron chi connectivity index (χ1n) is 9.14. The Morgan fingerprint density at radius 2 is 2.03 bits per heavy atom. The molecule has 0 atom stereocenters. The first-order chi connectivity index (χ1) is 14.7. The number of fused-ring (bicyclic) bond motifs is 1. The zero-order valence-corrected chi connectivity index (χ0v) is 17.8. The van der Waals surface area contributed by atoms with Crippen molar-refractivity contribution in [3.8, 4) is 17.0 Å². The molecule has 0 saturated carbocycles. The van der Waals surface area contributed by atoms with Gasteiger partial charge in [-0.05, 0) is 42.3 Å². The summed E-state index contributed by atoms with van der Waals surface area (Å²) in [5, 5.41) is 4.62. The summed E-state index contributed by atoms with van der Waals surface area (Å²) in [6.07, 6.45) is 1.67. The Hall–Kier alpha value is -3.05. The van der Waals surface area contributed by atoms with E-state index in [2.05, 4.69) is 15.0 Å². The first-order valence-corrected chi connectivity index (χ1v) is 11.9. The van der Waals surface area contributed by atoms with Crippen molar-refractivity contribution in [1.82, 2.24) is 4.98 Å². The van der Waals surface area contributed by atoms with E-state index in [0.717, 1.165) is 23.2 Å². The van der Waals surface area contributed by atoms with Crippen molar-refractivity contribution in [2.24, 2.45) is 0 Å². The molecule has 1 aliphatic rings. The molecule has 1 aliphatic heterocycles. The Balaban J connectivity index is 1.52. The molecule has 31 heavy (non-hydrogen) atoms. The predicted molar refractivity (Wildman–Crippen MR) is 114 cm³/mol. The third-order valence-electron chi connectivity index (χ3n) is 4.70. The van der Waals surface area contributed by atoms with Crippen molar-refractivity contribution in [3.63, 3.8) is 0 Å². The molecule has 0 radical (unpaired) electrons. The maximum atomic E-state index is 12.7. The van der Waals surface area contributed by atoms with E-state index in [1.165, 1.54) is 10.4 Å². The first kappa shape index (κ1) is 21.2. The van der Waals surface area contributed by atoms with Crippen LogP contribution < -0.4 is 14.4 Å². The van der Waals surface area contributed by atoms with Crippen LogP contribution in [0.15, 0.2) is 47.8 Å². The third kappa shape index (κ3) is 4.52. The van der Waals surface area contributed by atoms with Crippen molar-refractivity contribution in [2.45, 2.75) is 13.0 Å². The topological polar surface area (TPSA) is 88.6 Å². The number of rotatable bonds is 6. The fourth-order valence-electron chi connectivity index (χ4n) is 3.36. The minimum atomic E-state index is -3.37. The number of ether oxygens (including phenoxy) is 1. The van der Waals surface area contributed by atoms with E-state index >= 15 is 0 Å². The second-order valence-electron chi connectivity index (χ2n) is 6.80. The van der Waals surface area contributed by atoms with Crippen LogP contribution in [0.25, 0.3) is 11.3 Å². The zero-order valence-electron chi connectivity index (χ0n) is 16.2. The summed E-state index contributed by atoms with van der Waals surface area (Å²) >= 11 is 1.15. The van der Waals surface area contributed by atoms with E-state index < -0.39 is 22.5 Å². The van der Waals surface area contributed by atoms with Crippen LogP contribution in [-0.2, 0) is 16.4 Å². The normalized spacial score (nSPS) is 13.4. The number of amides is 1. The molecule has 162 valence electrons. The van der Waals surface area contributed by atoms with Gasteiger partial charge in [0.1, 0.15) is 5.75 Å². The van der Waals surface area contributed by atoms with Gasteiger partial charge in [0.2, 0.25) is 10.0 Å². The average molecular weight is 466 g/mol. The number of thiazole rings is 1. The number of nitrogens with one attached hydrogen (secondary N) is 1. The number of hydrogen-bond acceptors (Lipinski definition) is 6. The Morgan fingerprint density at radius 1 is 1.26 bits per heavy atom. The molecular formula is C20H17F2N3O4S2. The lowest BCUT2D eigenvalue weighted by Gasteiger charge is -2.16. The van der Waals surface area contributed by atoms with Gasteiger partial charge in [0.25, 0.3) is 5.91 Å². The van der Waals surface area contributed by atoms with Crippen LogP contribution in [0.4, 0.5) is 19.6 Å². The second-order valence-corrected chi connectivity index (χ2v) is 9.56. The average Bonchev–Trinajstić information content (AvgIpc) is 3.34. The van der Waals surface area contributed by atoms with E-state index in [-0.39, 0.29) is 5.75 Å². The highest BCUT2D eigenvalue weighted by Gasteiger charge is 2.27. The molecule has 0 bridgehead atoms. The van der Waals surface area contributed by atoms with E-state index in [9.17, 15) is 22.0 Å². The van der Waals surface area contributed by atoms with Crippen molar-refractivity contribution < 1.29 is 26.7 Å². The summed E-state index contributed by atoms with van der Waals surface area (Å²) in [5.41, 5.74) is 2.50. The molecule has 0 saturated heterocycles. The summed E-state index contributed by atoms with van der Waals surface area (Å²) in [6, 6.07) is 11.1. The zero-order chi connectivity index (χ0) is 22.2. The number of carbonyl (C=O) groups is 1. The highest BCUT2D eigenvalue weighted by molar-refractivity contribution is 7.92. The predicted octanol–water partition coefficient (Wildman–Crippen LogP) is 3.99. The smallest absolute Gasteiger partial charge is 0.387 e. The maximum absolute atomic E-state index is 12.7. The van der Waals surface area contributed by atoms with Gasteiger partial charge >= 0.3 is 6.61 Å². The Kier molecular flexibility index (Phi) is 5.63. The highest BCUT2D eigenvalue weighted by atomic mass is 32.2. The number of nitrogens with zero attached hydrogens (tertiary/aromatic N) is 2. The van der Waals surface area contributed by atoms with Crippen molar-refractivity contribution in [1.29, 1.82) is 0 Å². The van der Waals surface area contributed by atoms with Gasteiger partial charge in [0.05, 0.1) is 17.6 Å². The largest absolute Gasteiger partial charge is 0.434 e. The van der Waals surface area contributed by atoms with Crippen molar-refractivity contribution in [2.75, 3.05) is 22.4 Å². The number of carbonyl (C=O) groups excluding carboxylic acids is 1. The minimum absolute atomic E-state index is 0.00488. The Bertz CT molecular complexity index is 1240. The Labute approximate surface area is 181 Å². The molecule has 7 nitrogen and oxygen atoms in total. The number of anilines is 2. The molecule has 11 heteroatoms. The fourth-order valence-corrected chi connectivity index (χ4v) is 5.02. The summed E-state index contributed by atoms with van der Waals surface area (Å²) < 4.78 is 54.8. The number of hydrogen-bond donors (Lipinski definition) is 1. The van der Waals surface area contributed by atoms with Crippen LogP contribution in [-0.4, -0.2) is 38.7 Å². The lowest BCUT2D eigenvalue weighted by Crippen LogP contribution is -2.27. The molecule has 0 aliphatic carbocycles.